The van der Waals surface area contributed by atoms with Crippen LogP contribution < -0.4 is 10.1 Å². The Morgan fingerprint density at radius 2 is 1.74 bits per heavy atom. The maximum absolute atomic E-state index is 13.1. The van der Waals surface area contributed by atoms with Crippen molar-refractivity contribution in [2.24, 2.45) is 0 Å². The third-order valence-corrected chi connectivity index (χ3v) is 6.60. The number of methoxy groups -OCH3 is 1. The predicted octanol–water partition coefficient (Wildman–Crippen LogP) is 5.03. The summed E-state index contributed by atoms with van der Waals surface area (Å²) in [4.78, 5) is 16.7. The first-order chi connectivity index (χ1) is 15.2. The highest BCUT2D eigenvalue weighted by molar-refractivity contribution is 5.97. The molecule has 4 aromatic rings. The van der Waals surface area contributed by atoms with Crippen molar-refractivity contribution < 1.29 is 9.53 Å². The van der Waals surface area contributed by atoms with Crippen LogP contribution in [-0.4, -0.2) is 24.5 Å². The number of H-pyrrole nitrogens is 1. The first kappa shape index (κ1) is 19.4. The van der Waals surface area contributed by atoms with Crippen molar-refractivity contribution in [3.8, 4) is 5.75 Å². The minimum Gasteiger partial charge on any atom is -0.496 e. The molecule has 1 aliphatic rings. The molecule has 156 valence electrons. The highest BCUT2D eigenvalue weighted by atomic mass is 16.5. The van der Waals surface area contributed by atoms with Gasteiger partial charge >= 0.3 is 0 Å². The Bertz CT molecular complexity index is 1230. The van der Waals surface area contributed by atoms with Gasteiger partial charge < -0.3 is 15.0 Å². The molecule has 1 atom stereocenters. The van der Waals surface area contributed by atoms with E-state index in [-0.39, 0.29) is 11.3 Å². The molecule has 1 aromatic heterocycles. The van der Waals surface area contributed by atoms with Gasteiger partial charge in [0, 0.05) is 28.6 Å². The van der Waals surface area contributed by atoms with E-state index in [0.717, 1.165) is 19.3 Å². The van der Waals surface area contributed by atoms with Crippen molar-refractivity contribution in [3.63, 3.8) is 0 Å². The lowest BCUT2D eigenvalue weighted by atomic mass is 9.68. The van der Waals surface area contributed by atoms with Crippen molar-refractivity contribution >= 4 is 16.8 Å². The summed E-state index contributed by atoms with van der Waals surface area (Å²) in [5, 5.41) is 4.51. The summed E-state index contributed by atoms with van der Waals surface area (Å²) >= 11 is 0. The molecule has 1 aliphatic carbocycles. The van der Waals surface area contributed by atoms with E-state index in [1.165, 1.54) is 27.7 Å². The van der Waals surface area contributed by atoms with Gasteiger partial charge in [-0.1, -0.05) is 60.7 Å². The number of nitrogens with one attached hydrogen (secondary N) is 2. The number of benzene rings is 3. The lowest BCUT2D eigenvalue weighted by Crippen LogP contribution is -2.44. The normalized spacial score (nSPS) is 17.8. The minimum atomic E-state index is -0.156. The first-order valence-electron chi connectivity index (χ1n) is 10.8. The lowest BCUT2D eigenvalue weighted by Gasteiger charge is -2.38. The largest absolute Gasteiger partial charge is 0.496 e. The Hall–Kier alpha value is -3.53. The Kier molecular flexibility index (Phi) is 4.99. The first-order valence-corrected chi connectivity index (χ1v) is 10.8. The number of rotatable bonds is 5. The van der Waals surface area contributed by atoms with E-state index in [1.54, 1.807) is 7.11 Å². The molecule has 1 heterocycles. The van der Waals surface area contributed by atoms with Gasteiger partial charge in [0.05, 0.1) is 12.7 Å². The number of carbonyl (C=O) groups excluding carboxylic acids is 1. The summed E-state index contributed by atoms with van der Waals surface area (Å²) in [5.41, 5.74) is 5.57. The molecule has 2 N–H and O–H groups in total. The molecule has 0 fully saturated rings. The van der Waals surface area contributed by atoms with Gasteiger partial charge in [-0.15, -0.1) is 0 Å². The molecule has 0 spiro atoms. The SMILES string of the molecule is COc1ccccc1C(=O)NCC1(c2ccccc2)CCc2[nH]c3ccccc3c2C1. The smallest absolute Gasteiger partial charge is 0.255 e. The van der Waals surface area contributed by atoms with Gasteiger partial charge in [0.15, 0.2) is 0 Å². The van der Waals surface area contributed by atoms with Gasteiger partial charge in [-0.3, -0.25) is 4.79 Å². The van der Waals surface area contributed by atoms with Gasteiger partial charge in [-0.2, -0.15) is 0 Å². The van der Waals surface area contributed by atoms with Crippen molar-refractivity contribution in [1.82, 2.24) is 10.3 Å². The van der Waals surface area contributed by atoms with Crippen LogP contribution in [0.5, 0.6) is 5.75 Å². The molecule has 0 saturated carbocycles. The third kappa shape index (κ3) is 3.48. The molecule has 0 radical (unpaired) electrons. The summed E-state index contributed by atoms with van der Waals surface area (Å²) in [7, 11) is 1.59. The molecular formula is C27H26N2O2. The van der Waals surface area contributed by atoms with E-state index < -0.39 is 0 Å². The van der Waals surface area contributed by atoms with Crippen LogP contribution in [0.2, 0.25) is 0 Å². The number of ether oxygens (including phenoxy) is 1. The number of para-hydroxylation sites is 2. The monoisotopic (exact) mass is 410 g/mol. The Morgan fingerprint density at radius 3 is 2.58 bits per heavy atom. The topological polar surface area (TPSA) is 54.1 Å². The third-order valence-electron chi connectivity index (χ3n) is 6.60. The molecule has 4 heteroatoms. The van der Waals surface area contributed by atoms with Crippen molar-refractivity contribution in [2.45, 2.75) is 24.7 Å². The van der Waals surface area contributed by atoms with Crippen LogP contribution in [0, 0.1) is 0 Å². The van der Waals surface area contributed by atoms with E-state index in [2.05, 4.69) is 58.8 Å². The van der Waals surface area contributed by atoms with E-state index in [1.807, 2.05) is 30.3 Å². The number of hydrogen-bond acceptors (Lipinski definition) is 2. The number of amides is 1. The van der Waals surface area contributed by atoms with Gasteiger partial charge in [-0.05, 0) is 48.6 Å². The summed E-state index contributed by atoms with van der Waals surface area (Å²) in [6.07, 6.45) is 2.83. The van der Waals surface area contributed by atoms with E-state index in [9.17, 15) is 4.79 Å². The lowest BCUT2D eigenvalue weighted by molar-refractivity contribution is 0.0937. The van der Waals surface area contributed by atoms with Gasteiger partial charge in [-0.25, -0.2) is 0 Å². The zero-order valence-corrected chi connectivity index (χ0v) is 17.7. The second kappa shape index (κ2) is 7.95. The van der Waals surface area contributed by atoms with Crippen molar-refractivity contribution in [2.75, 3.05) is 13.7 Å². The number of aryl methyl sites for hydroxylation is 1. The average Bonchev–Trinajstić information content (AvgIpc) is 3.20. The highest BCUT2D eigenvalue weighted by Crippen LogP contribution is 2.41. The van der Waals surface area contributed by atoms with Crippen LogP contribution in [0.15, 0.2) is 78.9 Å². The maximum atomic E-state index is 13.1. The summed E-state index contributed by atoms with van der Waals surface area (Å²) < 4.78 is 5.39. The number of hydrogen-bond donors (Lipinski definition) is 2. The van der Waals surface area contributed by atoms with Gasteiger partial charge in [0.2, 0.25) is 0 Å². The molecule has 1 amide bonds. The summed E-state index contributed by atoms with van der Waals surface area (Å²) in [6, 6.07) is 26.5. The number of aromatic amines is 1. The second-order valence-corrected chi connectivity index (χ2v) is 8.33. The number of aromatic nitrogens is 1. The fraction of sp³-hybridized carbons (Fsp3) is 0.222. The summed E-state index contributed by atoms with van der Waals surface area (Å²) in [6.45, 7) is 0.576. The second-order valence-electron chi connectivity index (χ2n) is 8.33. The van der Waals surface area contributed by atoms with E-state index in [0.29, 0.717) is 17.9 Å². The fourth-order valence-corrected chi connectivity index (χ4v) is 4.93. The van der Waals surface area contributed by atoms with Gasteiger partial charge in [0.25, 0.3) is 5.91 Å². The van der Waals surface area contributed by atoms with Crippen LogP contribution in [0.25, 0.3) is 10.9 Å². The van der Waals surface area contributed by atoms with Crippen molar-refractivity contribution in [3.05, 3.63) is 101 Å². The van der Waals surface area contributed by atoms with Crippen LogP contribution in [-0.2, 0) is 18.3 Å². The number of carbonyl (C=O) groups is 1. The van der Waals surface area contributed by atoms with Crippen LogP contribution in [0.4, 0.5) is 0 Å². The van der Waals surface area contributed by atoms with Crippen LogP contribution >= 0.6 is 0 Å². The van der Waals surface area contributed by atoms with Gasteiger partial charge in [0.1, 0.15) is 5.75 Å². The zero-order valence-electron chi connectivity index (χ0n) is 17.7. The molecule has 0 bridgehead atoms. The summed E-state index contributed by atoms with van der Waals surface area (Å²) in [5.74, 6) is 0.494. The molecule has 3 aromatic carbocycles. The molecule has 4 nitrogen and oxygen atoms in total. The van der Waals surface area contributed by atoms with Crippen LogP contribution in [0.3, 0.4) is 0 Å². The fourth-order valence-electron chi connectivity index (χ4n) is 4.93. The molecule has 31 heavy (non-hydrogen) atoms. The molecular weight excluding hydrogens is 384 g/mol. The number of fused-ring (bicyclic) bond motifs is 3. The Labute approximate surface area is 182 Å². The van der Waals surface area contributed by atoms with Crippen molar-refractivity contribution in [1.29, 1.82) is 0 Å². The Morgan fingerprint density at radius 1 is 1.00 bits per heavy atom. The molecule has 5 rings (SSSR count). The molecule has 1 unspecified atom stereocenters. The Balaban J connectivity index is 1.49. The van der Waals surface area contributed by atoms with E-state index >= 15 is 0 Å². The average molecular weight is 411 g/mol. The zero-order chi connectivity index (χ0) is 21.3. The van der Waals surface area contributed by atoms with Crippen LogP contribution in [0.1, 0.15) is 33.6 Å². The highest BCUT2D eigenvalue weighted by Gasteiger charge is 2.38. The molecule has 0 saturated heterocycles. The standard InChI is InChI=1S/C27H26N2O2/c1-31-25-14-8-6-12-21(25)26(30)28-18-27(19-9-3-2-4-10-19)16-15-24-22(17-27)20-11-5-7-13-23(20)29-24/h2-14,29H,15-18H2,1H3,(H,28,30). The predicted molar refractivity (Wildman–Crippen MR) is 124 cm³/mol. The molecule has 0 aliphatic heterocycles. The van der Waals surface area contributed by atoms with E-state index in [4.69, 9.17) is 4.74 Å². The maximum Gasteiger partial charge on any atom is 0.255 e. The quantitative estimate of drug-likeness (QED) is 0.485. The minimum absolute atomic E-state index is 0.0996.